The Morgan fingerprint density at radius 1 is 0.739 bits per heavy atom. The van der Waals surface area contributed by atoms with Crippen LogP contribution in [0.3, 0.4) is 0 Å². The average molecular weight is 618 g/mol. The summed E-state index contributed by atoms with van der Waals surface area (Å²) in [6, 6.07) is 15.1. The quantitative estimate of drug-likeness (QED) is 0.134. The molecular weight excluding hydrogens is 584 g/mol. The summed E-state index contributed by atoms with van der Waals surface area (Å²) in [4.78, 5) is 48.9. The molecule has 6 aromatic heterocycles. The number of imidazole rings is 2. The number of esters is 2. The van der Waals surface area contributed by atoms with Crippen molar-refractivity contribution in [2.75, 3.05) is 13.2 Å². The van der Waals surface area contributed by atoms with E-state index in [1.54, 1.807) is 20.0 Å². The number of fused-ring (bicyclic) bond motifs is 8. The fourth-order valence-electron chi connectivity index (χ4n) is 5.93. The van der Waals surface area contributed by atoms with Crippen LogP contribution in [0.15, 0.2) is 73.3 Å². The number of nitrogens with zero attached hydrogens (tertiary/aromatic N) is 3. The van der Waals surface area contributed by atoms with E-state index in [0.29, 0.717) is 50.1 Å². The lowest BCUT2D eigenvalue weighted by Gasteiger charge is -2.08. The molecule has 6 aromatic rings. The van der Waals surface area contributed by atoms with Crippen LogP contribution in [0, 0.1) is 0 Å². The van der Waals surface area contributed by atoms with Gasteiger partial charge >= 0.3 is 11.9 Å². The monoisotopic (exact) mass is 617 g/mol. The largest absolute Gasteiger partial charge is 0.462 e. The smallest absolute Gasteiger partial charge is 0.342 e. The predicted octanol–water partition coefficient (Wildman–Crippen LogP) is 0.217. The van der Waals surface area contributed by atoms with Crippen LogP contribution in [0.5, 0.6) is 0 Å². The van der Waals surface area contributed by atoms with Crippen LogP contribution in [-0.2, 0) is 33.2 Å². The normalized spacial score (nSPS) is 13.0. The summed E-state index contributed by atoms with van der Waals surface area (Å²) in [6.07, 6.45) is 7.34. The standard InChI is InChI=1S/C34H32N8O4/c1-5-45-33(43)29-23-11-7-19(37-23)27(31-35-15-17-41(31)3)21-9-13-25(39-21)30(34(44)46-6-2)26-14-10-22(40-26)28(20-8-12-24(29)38-20)32-36-16-18-42(32)4/h7-18H,5-6H2,1-4H3,(H4,35,36,37,38,39,40,43,44)/p+1. The summed E-state index contributed by atoms with van der Waals surface area (Å²) >= 11 is 0. The van der Waals surface area contributed by atoms with Crippen LogP contribution >= 0.6 is 0 Å². The van der Waals surface area contributed by atoms with Gasteiger partial charge in [0, 0.05) is 19.4 Å². The molecule has 0 amide bonds. The summed E-state index contributed by atoms with van der Waals surface area (Å²) < 4.78 is 15.0. The summed E-state index contributed by atoms with van der Waals surface area (Å²) in [5.41, 5.74) is 4.86. The minimum absolute atomic E-state index is 0.222. The Morgan fingerprint density at radius 3 is 1.76 bits per heavy atom. The number of ether oxygens (including phenoxy) is 2. The van der Waals surface area contributed by atoms with E-state index in [4.69, 9.17) is 9.47 Å². The fourth-order valence-corrected chi connectivity index (χ4v) is 5.93. The van der Waals surface area contributed by atoms with E-state index in [1.165, 1.54) is 0 Å². The highest BCUT2D eigenvalue weighted by Crippen LogP contribution is 2.23. The Balaban J connectivity index is 1.64. The first kappa shape index (κ1) is 28.7. The lowest BCUT2D eigenvalue weighted by Crippen LogP contribution is -2.33. The Hall–Kier alpha value is -6.04. The molecule has 0 radical (unpaired) electrons. The second-order valence-electron chi connectivity index (χ2n) is 10.9. The number of carbonyl (C=O) groups is 2. The molecule has 46 heavy (non-hydrogen) atoms. The Labute approximate surface area is 262 Å². The fraction of sp³-hybridized carbons (Fsp3) is 0.176. The first-order valence-electron chi connectivity index (χ1n) is 15.0. The van der Waals surface area contributed by atoms with E-state index in [9.17, 15) is 9.59 Å². The number of aryl methyl sites for hydroxylation is 2. The van der Waals surface area contributed by atoms with Gasteiger partial charge < -0.3 is 34.0 Å². The van der Waals surface area contributed by atoms with Gasteiger partial charge in [-0.25, -0.2) is 24.1 Å². The van der Waals surface area contributed by atoms with Crippen LogP contribution < -0.4 is 26.0 Å². The number of H-pyrrole nitrogens is 5. The molecule has 1 aliphatic rings. The second-order valence-corrected chi connectivity index (χ2v) is 10.9. The molecule has 12 heteroatoms. The molecule has 7 rings (SSSR count). The van der Waals surface area contributed by atoms with Crippen LogP contribution in [-0.4, -0.2) is 59.6 Å². The molecule has 0 saturated carbocycles. The molecule has 0 spiro atoms. The van der Waals surface area contributed by atoms with E-state index in [1.807, 2.05) is 90.4 Å². The Kier molecular flexibility index (Phi) is 7.16. The summed E-state index contributed by atoms with van der Waals surface area (Å²) in [7, 11) is 3.85. The maximum absolute atomic E-state index is 13.5. The highest BCUT2D eigenvalue weighted by Gasteiger charge is 2.25. The van der Waals surface area contributed by atoms with Gasteiger partial charge in [-0.2, -0.15) is 0 Å². The van der Waals surface area contributed by atoms with Gasteiger partial charge in [-0.1, -0.05) is 0 Å². The zero-order valence-corrected chi connectivity index (χ0v) is 25.8. The van der Waals surface area contributed by atoms with Gasteiger partial charge in [-0.15, -0.1) is 0 Å². The molecule has 0 aliphatic carbocycles. The number of hydrogen-bond acceptors (Lipinski definition) is 5. The summed E-state index contributed by atoms with van der Waals surface area (Å²) in [5.74, 6) is 0.556. The molecule has 5 N–H and O–H groups in total. The van der Waals surface area contributed by atoms with Crippen LogP contribution in [0.25, 0.3) is 22.3 Å². The van der Waals surface area contributed by atoms with E-state index in [0.717, 1.165) is 28.0 Å². The van der Waals surface area contributed by atoms with Crippen LogP contribution in [0.4, 0.5) is 0 Å². The van der Waals surface area contributed by atoms with Gasteiger partial charge in [0.15, 0.2) is 0 Å². The summed E-state index contributed by atoms with van der Waals surface area (Å²) in [6.45, 7) is 4.01. The molecule has 8 bridgehead atoms. The third kappa shape index (κ3) is 4.80. The highest BCUT2D eigenvalue weighted by atomic mass is 16.5. The van der Waals surface area contributed by atoms with E-state index >= 15 is 0 Å². The van der Waals surface area contributed by atoms with Crippen molar-refractivity contribution in [3.63, 3.8) is 0 Å². The topological polar surface area (TPSA) is 153 Å². The number of rotatable bonds is 6. The van der Waals surface area contributed by atoms with Crippen molar-refractivity contribution < 1.29 is 23.6 Å². The molecular formula is C34H33N8O4+. The van der Waals surface area contributed by atoms with E-state index < -0.39 is 11.9 Å². The lowest BCUT2D eigenvalue weighted by atomic mass is 10.1. The van der Waals surface area contributed by atoms with E-state index in [-0.39, 0.29) is 13.2 Å². The molecule has 0 unspecified atom stereocenters. The molecule has 0 aromatic carbocycles. The molecule has 232 valence electrons. The van der Waals surface area contributed by atoms with Crippen LogP contribution in [0.1, 0.15) is 48.3 Å². The molecule has 7 heterocycles. The summed E-state index contributed by atoms with van der Waals surface area (Å²) in [5, 5.41) is 2.60. The van der Waals surface area contributed by atoms with Crippen molar-refractivity contribution in [2.45, 2.75) is 13.8 Å². The number of carbonyl (C=O) groups excluding carboxylic acids is 2. The van der Waals surface area contributed by atoms with Gasteiger partial charge in [0.25, 0.3) is 5.82 Å². The van der Waals surface area contributed by atoms with Gasteiger partial charge in [-0.3, -0.25) is 0 Å². The maximum atomic E-state index is 13.5. The molecule has 0 saturated heterocycles. The van der Waals surface area contributed by atoms with Crippen LogP contribution in [0.2, 0.25) is 0 Å². The van der Waals surface area contributed by atoms with Gasteiger partial charge in [0.1, 0.15) is 34.9 Å². The van der Waals surface area contributed by atoms with Crippen molar-refractivity contribution in [3.05, 3.63) is 129 Å². The zero-order valence-electron chi connectivity index (χ0n) is 25.8. The highest BCUT2D eigenvalue weighted by molar-refractivity contribution is 6.16. The van der Waals surface area contributed by atoms with Crippen molar-refractivity contribution in [2.24, 2.45) is 14.1 Å². The van der Waals surface area contributed by atoms with Gasteiger partial charge in [0.2, 0.25) is 0 Å². The zero-order chi connectivity index (χ0) is 31.9. The molecule has 12 nitrogen and oxygen atoms in total. The number of aromatic nitrogens is 8. The average Bonchev–Trinajstić information content (AvgIpc) is 3.87. The minimum Gasteiger partial charge on any atom is -0.462 e. The minimum atomic E-state index is -0.464. The van der Waals surface area contributed by atoms with Gasteiger partial charge in [0.05, 0.1) is 70.0 Å². The third-order valence-electron chi connectivity index (χ3n) is 8.01. The maximum Gasteiger partial charge on any atom is 0.342 e. The van der Waals surface area contributed by atoms with Crippen molar-refractivity contribution in [3.8, 4) is 0 Å². The van der Waals surface area contributed by atoms with Crippen molar-refractivity contribution >= 4 is 34.2 Å². The van der Waals surface area contributed by atoms with Gasteiger partial charge in [-0.05, 0) is 62.4 Å². The third-order valence-corrected chi connectivity index (χ3v) is 8.01. The van der Waals surface area contributed by atoms with Crippen molar-refractivity contribution in [1.82, 2.24) is 34.5 Å². The Bertz CT molecular complexity index is 2200. The van der Waals surface area contributed by atoms with Crippen molar-refractivity contribution in [1.29, 1.82) is 0 Å². The first-order valence-corrected chi connectivity index (χ1v) is 15.0. The van der Waals surface area contributed by atoms with E-state index in [2.05, 4.69) is 29.9 Å². The SMILES string of the molecule is CCOC(=O)C1=c2ccc([nH]2)=C(c2nccn2C)c2ccc([nH]2)C(C(=O)OCC)=c2ccc([nH]2)=C(c2[nH]cc[n+]2C)c2ccc1[nH]2. The lowest BCUT2D eigenvalue weighted by molar-refractivity contribution is -0.672. The number of aromatic amines is 5. The molecule has 0 fully saturated rings. The number of hydrogen-bond donors (Lipinski definition) is 5. The predicted molar refractivity (Wildman–Crippen MR) is 168 cm³/mol. The molecule has 0 atom stereocenters. The molecule has 1 aliphatic heterocycles. The number of nitrogens with one attached hydrogen (secondary N) is 5. The first-order chi connectivity index (χ1) is 22.4. The Morgan fingerprint density at radius 2 is 1.26 bits per heavy atom. The second kappa shape index (κ2) is 11.5.